The van der Waals surface area contributed by atoms with Gasteiger partial charge in [-0.2, -0.15) is 0 Å². The summed E-state index contributed by atoms with van der Waals surface area (Å²) >= 11 is 0. The Bertz CT molecular complexity index is 595. The molecule has 6 nitrogen and oxygen atoms in total. The largest absolute Gasteiger partial charge is 0.466 e. The predicted octanol–water partition coefficient (Wildman–Crippen LogP) is 1.27. The maximum Gasteiger partial charge on any atom is 0.354 e. The monoisotopic (exact) mass is 290 g/mol. The molecule has 0 aliphatic carbocycles. The Hall–Kier alpha value is -2.34. The van der Waals surface area contributed by atoms with Gasteiger partial charge in [0.2, 0.25) is 0 Å². The fraction of sp³-hybridized carbons (Fsp3) is 0.333. The van der Waals surface area contributed by atoms with Crippen LogP contribution < -0.4 is 5.32 Å². The van der Waals surface area contributed by atoms with Crippen molar-refractivity contribution in [2.75, 3.05) is 26.6 Å². The smallest absolute Gasteiger partial charge is 0.354 e. The quantitative estimate of drug-likeness (QED) is 0.665. The van der Waals surface area contributed by atoms with Crippen LogP contribution in [0.4, 0.5) is 5.69 Å². The van der Waals surface area contributed by atoms with Crippen molar-refractivity contribution in [1.82, 2.24) is 4.90 Å². The van der Waals surface area contributed by atoms with Crippen LogP contribution in [0.5, 0.6) is 0 Å². The molecule has 21 heavy (non-hydrogen) atoms. The van der Waals surface area contributed by atoms with Crippen molar-refractivity contribution in [2.45, 2.75) is 13.1 Å². The molecule has 0 aromatic heterocycles. The summed E-state index contributed by atoms with van der Waals surface area (Å²) in [6.45, 7) is 1.77. The highest BCUT2D eigenvalue weighted by Gasteiger charge is 2.17. The minimum absolute atomic E-state index is 0.0376. The Morgan fingerprint density at radius 1 is 1.19 bits per heavy atom. The summed E-state index contributed by atoms with van der Waals surface area (Å²) in [5.74, 6) is -1.25. The van der Waals surface area contributed by atoms with E-state index in [0.29, 0.717) is 0 Å². The van der Waals surface area contributed by atoms with Gasteiger partial charge in [-0.05, 0) is 30.3 Å². The summed E-state index contributed by atoms with van der Waals surface area (Å²) in [6, 6.07) is 5.84. The minimum Gasteiger partial charge on any atom is -0.466 e. The number of rotatable bonds is 4. The van der Waals surface area contributed by atoms with Gasteiger partial charge in [-0.3, -0.25) is 4.90 Å². The highest BCUT2D eigenvalue weighted by atomic mass is 16.5. The average Bonchev–Trinajstić information content (AvgIpc) is 2.84. The molecule has 0 saturated carbocycles. The second-order valence-corrected chi connectivity index (χ2v) is 4.85. The first-order chi connectivity index (χ1) is 10.0. The molecule has 6 heteroatoms. The van der Waals surface area contributed by atoms with Gasteiger partial charge in [0.05, 0.1) is 20.3 Å². The molecule has 112 valence electrons. The van der Waals surface area contributed by atoms with Crippen LogP contribution in [0.15, 0.2) is 30.0 Å². The van der Waals surface area contributed by atoms with Crippen LogP contribution in [0.1, 0.15) is 11.1 Å². The number of hydrogen-bond acceptors (Lipinski definition) is 6. The Morgan fingerprint density at radius 3 is 2.57 bits per heavy atom. The summed E-state index contributed by atoms with van der Waals surface area (Å²) < 4.78 is 9.19. The van der Waals surface area contributed by atoms with E-state index in [9.17, 15) is 9.59 Å². The first-order valence-corrected chi connectivity index (χ1v) is 6.49. The zero-order valence-corrected chi connectivity index (χ0v) is 12.3. The highest BCUT2D eigenvalue weighted by Crippen LogP contribution is 2.25. The van der Waals surface area contributed by atoms with Crippen LogP contribution in [0.2, 0.25) is 0 Å². The van der Waals surface area contributed by atoms with Crippen molar-refractivity contribution >= 4 is 17.6 Å². The summed E-state index contributed by atoms with van der Waals surface area (Å²) in [5, 5.41) is 2.91. The molecule has 1 aromatic rings. The lowest BCUT2D eigenvalue weighted by atomic mass is 10.1. The molecule has 0 radical (unpaired) electrons. The number of hydrogen-bond donors (Lipinski definition) is 1. The number of carbonyl (C=O) groups is 2. The molecule has 1 aromatic carbocycles. The fourth-order valence-corrected chi connectivity index (χ4v) is 2.23. The number of methoxy groups -OCH3 is 2. The van der Waals surface area contributed by atoms with Gasteiger partial charge in [0.1, 0.15) is 5.70 Å². The van der Waals surface area contributed by atoms with Crippen molar-refractivity contribution in [3.63, 3.8) is 0 Å². The van der Waals surface area contributed by atoms with Crippen LogP contribution in [0, 0.1) is 0 Å². The number of benzene rings is 1. The van der Waals surface area contributed by atoms with Gasteiger partial charge in [-0.25, -0.2) is 9.59 Å². The van der Waals surface area contributed by atoms with Crippen LogP contribution in [-0.4, -0.2) is 38.1 Å². The van der Waals surface area contributed by atoms with Gasteiger partial charge in [-0.15, -0.1) is 0 Å². The van der Waals surface area contributed by atoms with E-state index >= 15 is 0 Å². The van der Waals surface area contributed by atoms with Crippen molar-refractivity contribution < 1.29 is 19.1 Å². The van der Waals surface area contributed by atoms with E-state index in [1.807, 2.05) is 25.2 Å². The van der Waals surface area contributed by atoms with E-state index in [-0.39, 0.29) is 5.70 Å². The van der Waals surface area contributed by atoms with Crippen LogP contribution in [0.3, 0.4) is 0 Å². The standard InChI is InChI=1S/C15H18N2O4/c1-17-8-10-4-5-12(6-11(10)9-17)16-13(15(19)21-3)7-14(18)20-2/h4-7,16H,8-9H2,1-3H3/b13-7+. The lowest BCUT2D eigenvalue weighted by Gasteiger charge is -2.10. The van der Waals surface area contributed by atoms with E-state index < -0.39 is 11.9 Å². The van der Waals surface area contributed by atoms with Crippen LogP contribution in [0.25, 0.3) is 0 Å². The van der Waals surface area contributed by atoms with Gasteiger partial charge in [0, 0.05) is 18.8 Å². The maximum absolute atomic E-state index is 11.7. The SMILES string of the molecule is COC(=O)/C=C(/Nc1ccc2c(c1)CN(C)C2)C(=O)OC. The first kappa shape index (κ1) is 15.1. The molecule has 0 bridgehead atoms. The molecular weight excluding hydrogens is 272 g/mol. The third-order valence-corrected chi connectivity index (χ3v) is 3.23. The number of ether oxygens (including phenoxy) is 2. The fourth-order valence-electron chi connectivity index (χ4n) is 2.23. The molecular formula is C15H18N2O4. The van der Waals surface area contributed by atoms with Crippen molar-refractivity contribution in [3.8, 4) is 0 Å². The molecule has 0 fully saturated rings. The van der Waals surface area contributed by atoms with E-state index in [2.05, 4.69) is 19.7 Å². The van der Waals surface area contributed by atoms with Crippen molar-refractivity contribution in [1.29, 1.82) is 0 Å². The number of fused-ring (bicyclic) bond motifs is 1. The zero-order chi connectivity index (χ0) is 15.4. The average molecular weight is 290 g/mol. The third kappa shape index (κ3) is 3.61. The molecule has 1 N–H and O–H groups in total. The topological polar surface area (TPSA) is 67.9 Å². The number of carbonyl (C=O) groups excluding carboxylic acids is 2. The Balaban J connectivity index is 2.21. The summed E-state index contributed by atoms with van der Waals surface area (Å²) in [6.07, 6.45) is 1.07. The highest BCUT2D eigenvalue weighted by molar-refractivity contribution is 5.98. The minimum atomic E-state index is -0.627. The lowest BCUT2D eigenvalue weighted by molar-refractivity contribution is -0.138. The lowest BCUT2D eigenvalue weighted by Crippen LogP contribution is -2.15. The summed E-state index contributed by atoms with van der Waals surface area (Å²) in [7, 11) is 4.55. The van der Waals surface area contributed by atoms with Crippen LogP contribution >= 0.6 is 0 Å². The van der Waals surface area contributed by atoms with Gasteiger partial charge < -0.3 is 14.8 Å². The molecule has 0 spiro atoms. The van der Waals surface area contributed by atoms with Gasteiger partial charge in [0.25, 0.3) is 0 Å². The van der Waals surface area contributed by atoms with E-state index in [1.54, 1.807) is 0 Å². The van der Waals surface area contributed by atoms with Crippen molar-refractivity contribution in [2.24, 2.45) is 0 Å². The molecule has 1 aliphatic heterocycles. The normalized spacial score (nSPS) is 14.5. The van der Waals surface area contributed by atoms with Gasteiger partial charge in [0.15, 0.2) is 0 Å². The Morgan fingerprint density at radius 2 is 1.90 bits per heavy atom. The molecule has 1 aliphatic rings. The zero-order valence-electron chi connectivity index (χ0n) is 12.3. The van der Waals surface area contributed by atoms with E-state index in [0.717, 1.165) is 24.9 Å². The molecule has 0 atom stereocenters. The second-order valence-electron chi connectivity index (χ2n) is 4.85. The molecule has 0 amide bonds. The summed E-state index contributed by atoms with van der Waals surface area (Å²) in [5.41, 5.74) is 3.23. The number of esters is 2. The Kier molecular flexibility index (Phi) is 4.59. The second kappa shape index (κ2) is 6.41. The van der Waals surface area contributed by atoms with Crippen LogP contribution in [-0.2, 0) is 32.2 Å². The maximum atomic E-state index is 11.7. The third-order valence-electron chi connectivity index (χ3n) is 3.23. The summed E-state index contributed by atoms with van der Waals surface area (Å²) in [4.78, 5) is 25.2. The Labute approximate surface area is 123 Å². The predicted molar refractivity (Wildman–Crippen MR) is 77.4 cm³/mol. The number of nitrogens with one attached hydrogen (secondary N) is 1. The molecule has 1 heterocycles. The molecule has 0 unspecified atom stereocenters. The first-order valence-electron chi connectivity index (χ1n) is 6.49. The van der Waals surface area contributed by atoms with E-state index in [4.69, 9.17) is 0 Å². The molecule has 2 rings (SSSR count). The van der Waals surface area contributed by atoms with Gasteiger partial charge in [-0.1, -0.05) is 6.07 Å². The number of anilines is 1. The van der Waals surface area contributed by atoms with E-state index in [1.165, 1.54) is 25.3 Å². The molecule has 0 saturated heterocycles. The van der Waals surface area contributed by atoms with Gasteiger partial charge >= 0.3 is 11.9 Å². The van der Waals surface area contributed by atoms with Crippen molar-refractivity contribution in [3.05, 3.63) is 41.1 Å². The number of nitrogens with zero attached hydrogens (tertiary/aromatic N) is 1.